The second kappa shape index (κ2) is 9.22. The number of para-hydroxylation sites is 1. The predicted molar refractivity (Wildman–Crippen MR) is 134 cm³/mol. The molecule has 0 radical (unpaired) electrons. The molecule has 196 valence electrons. The van der Waals surface area contributed by atoms with Crippen LogP contribution in [0.3, 0.4) is 0 Å². The first kappa shape index (κ1) is 24.6. The maximum absolute atomic E-state index is 13.8. The van der Waals surface area contributed by atoms with Crippen LogP contribution in [-0.4, -0.2) is 71.8 Å². The molecule has 0 unspecified atom stereocenters. The van der Waals surface area contributed by atoms with E-state index in [4.69, 9.17) is 28.4 Å². The lowest BCUT2D eigenvalue weighted by atomic mass is 9.89. The van der Waals surface area contributed by atoms with Gasteiger partial charge in [-0.05, 0) is 45.4 Å². The molecule has 4 heterocycles. The van der Waals surface area contributed by atoms with Crippen LogP contribution < -0.4 is 4.74 Å². The van der Waals surface area contributed by atoms with Crippen molar-refractivity contribution in [1.82, 2.24) is 4.90 Å². The van der Waals surface area contributed by atoms with Gasteiger partial charge in [0, 0.05) is 0 Å². The van der Waals surface area contributed by atoms with Gasteiger partial charge in [-0.1, -0.05) is 60.7 Å². The number of ether oxygens (including phenoxy) is 6. The van der Waals surface area contributed by atoms with Gasteiger partial charge in [0.1, 0.15) is 24.1 Å². The SMILES string of the molecule is CC1(C)O[C@H]2O[C@@H]([C@H]3COC(C)(C)O3)[C@H](N3C(=O)[C@@H](Oc4ccccc4)[C@@H]3/C=C/c3ccccc3)[C@H]2O1. The van der Waals surface area contributed by atoms with Crippen LogP contribution >= 0.6 is 0 Å². The van der Waals surface area contributed by atoms with Gasteiger partial charge >= 0.3 is 0 Å². The third-order valence-electron chi connectivity index (χ3n) is 7.19. The molecule has 7 atom stereocenters. The number of amides is 1. The van der Waals surface area contributed by atoms with Crippen molar-refractivity contribution in [2.75, 3.05) is 6.61 Å². The van der Waals surface area contributed by atoms with Gasteiger partial charge < -0.3 is 33.3 Å². The largest absolute Gasteiger partial charge is 0.478 e. The highest BCUT2D eigenvalue weighted by Crippen LogP contribution is 2.45. The number of likely N-dealkylation sites (tertiary alicyclic amines) is 1. The minimum atomic E-state index is -0.825. The number of rotatable bonds is 6. The number of fused-ring (bicyclic) bond motifs is 1. The number of β-lactam (4-membered cyclic amide) rings is 1. The number of carbonyl (C=O) groups is 1. The molecule has 37 heavy (non-hydrogen) atoms. The standard InChI is InChI=1S/C29H33NO7/c1-28(2)32-17-21(35-28)24-22(25-27(34-24)37-29(3,4)36-25)30-20(16-15-18-11-7-5-8-12-18)23(26(30)31)33-19-13-9-6-10-14-19/h5-16,20-25,27H,17H2,1-4H3/b16-15+/t20-,21+,22-,23-,24-,25+,27+/m0/s1. The molecule has 2 aromatic carbocycles. The van der Waals surface area contributed by atoms with Crippen molar-refractivity contribution in [3.8, 4) is 5.75 Å². The summed E-state index contributed by atoms with van der Waals surface area (Å²) < 4.78 is 36.9. The van der Waals surface area contributed by atoms with E-state index in [1.54, 1.807) is 0 Å². The Hall–Kier alpha value is -2.75. The van der Waals surface area contributed by atoms with E-state index >= 15 is 0 Å². The van der Waals surface area contributed by atoms with Crippen molar-refractivity contribution in [1.29, 1.82) is 0 Å². The summed E-state index contributed by atoms with van der Waals surface area (Å²) in [4.78, 5) is 15.6. The minimum Gasteiger partial charge on any atom is -0.478 e. The summed E-state index contributed by atoms with van der Waals surface area (Å²) >= 11 is 0. The van der Waals surface area contributed by atoms with Crippen LogP contribution in [0.1, 0.15) is 33.3 Å². The summed E-state index contributed by atoms with van der Waals surface area (Å²) in [5.41, 5.74) is 1.04. The van der Waals surface area contributed by atoms with Crippen LogP contribution in [0.5, 0.6) is 5.75 Å². The summed E-state index contributed by atoms with van der Waals surface area (Å²) in [5.74, 6) is -1.04. The molecular formula is C29H33NO7. The van der Waals surface area contributed by atoms with E-state index in [1.807, 2.05) is 105 Å². The summed E-state index contributed by atoms with van der Waals surface area (Å²) in [6.07, 6.45) is 1.42. The smallest absolute Gasteiger partial charge is 0.267 e. The van der Waals surface area contributed by atoms with E-state index in [1.165, 1.54) is 0 Å². The molecule has 0 aliphatic carbocycles. The zero-order chi connectivity index (χ0) is 25.8. The van der Waals surface area contributed by atoms with Gasteiger partial charge in [0.05, 0.1) is 18.7 Å². The third kappa shape index (κ3) is 4.69. The van der Waals surface area contributed by atoms with E-state index < -0.39 is 42.2 Å². The first-order valence-corrected chi connectivity index (χ1v) is 12.8. The van der Waals surface area contributed by atoms with Gasteiger partial charge in [-0.2, -0.15) is 0 Å². The molecule has 4 aliphatic heterocycles. The molecule has 4 aliphatic rings. The highest BCUT2D eigenvalue weighted by Gasteiger charge is 2.65. The summed E-state index contributed by atoms with van der Waals surface area (Å²) in [6.45, 7) is 7.80. The average Bonchev–Trinajstić information content (AvgIpc) is 3.50. The molecule has 4 saturated heterocycles. The molecule has 0 N–H and O–H groups in total. The molecule has 2 aromatic rings. The third-order valence-corrected chi connectivity index (χ3v) is 7.19. The van der Waals surface area contributed by atoms with Crippen molar-refractivity contribution < 1.29 is 33.2 Å². The topological polar surface area (TPSA) is 75.7 Å². The van der Waals surface area contributed by atoms with Crippen LogP contribution in [0, 0.1) is 0 Å². The van der Waals surface area contributed by atoms with Gasteiger partial charge in [-0.15, -0.1) is 0 Å². The first-order chi connectivity index (χ1) is 17.7. The molecule has 1 amide bonds. The summed E-state index contributed by atoms with van der Waals surface area (Å²) in [7, 11) is 0. The maximum Gasteiger partial charge on any atom is 0.267 e. The molecule has 0 spiro atoms. The molecule has 6 rings (SSSR count). The fourth-order valence-corrected chi connectivity index (χ4v) is 5.60. The quantitative estimate of drug-likeness (QED) is 0.551. The van der Waals surface area contributed by atoms with E-state index in [-0.39, 0.29) is 18.1 Å². The van der Waals surface area contributed by atoms with E-state index in [2.05, 4.69) is 0 Å². The van der Waals surface area contributed by atoms with Crippen LogP contribution in [-0.2, 0) is 28.5 Å². The Morgan fingerprint density at radius 1 is 0.892 bits per heavy atom. The lowest BCUT2D eigenvalue weighted by Gasteiger charge is -2.50. The highest BCUT2D eigenvalue weighted by molar-refractivity contribution is 5.90. The fourth-order valence-electron chi connectivity index (χ4n) is 5.60. The lowest BCUT2D eigenvalue weighted by Crippen LogP contribution is -2.72. The Bertz CT molecular complexity index is 1150. The highest BCUT2D eigenvalue weighted by atomic mass is 16.8. The number of benzene rings is 2. The predicted octanol–water partition coefficient (Wildman–Crippen LogP) is 3.75. The first-order valence-electron chi connectivity index (χ1n) is 12.8. The maximum atomic E-state index is 13.8. The molecule has 4 fully saturated rings. The van der Waals surface area contributed by atoms with Crippen LogP contribution in [0.4, 0.5) is 0 Å². The Morgan fingerprint density at radius 3 is 2.27 bits per heavy atom. The number of hydrogen-bond acceptors (Lipinski definition) is 7. The summed E-state index contributed by atoms with van der Waals surface area (Å²) in [5, 5.41) is 0. The molecule has 0 aromatic heterocycles. The van der Waals surface area contributed by atoms with Crippen LogP contribution in [0.15, 0.2) is 66.7 Å². The van der Waals surface area contributed by atoms with E-state index in [0.717, 1.165) is 5.56 Å². The Labute approximate surface area is 217 Å². The number of carbonyl (C=O) groups excluding carboxylic acids is 1. The number of hydrogen-bond donors (Lipinski definition) is 0. The Kier molecular flexibility index (Phi) is 6.12. The second-order valence-electron chi connectivity index (χ2n) is 10.8. The normalized spacial score (nSPS) is 36.1. The Balaban J connectivity index is 1.33. The lowest BCUT2D eigenvalue weighted by molar-refractivity contribution is -0.232. The van der Waals surface area contributed by atoms with Crippen molar-refractivity contribution >= 4 is 12.0 Å². The van der Waals surface area contributed by atoms with E-state index in [0.29, 0.717) is 12.4 Å². The summed E-state index contributed by atoms with van der Waals surface area (Å²) in [6, 6.07) is 18.6. The van der Waals surface area contributed by atoms with Gasteiger partial charge in [0.15, 0.2) is 17.9 Å². The average molecular weight is 508 g/mol. The monoisotopic (exact) mass is 507 g/mol. The van der Waals surface area contributed by atoms with Gasteiger partial charge in [0.25, 0.3) is 5.91 Å². The second-order valence-corrected chi connectivity index (χ2v) is 10.8. The molecule has 8 heteroatoms. The molecular weight excluding hydrogens is 474 g/mol. The zero-order valence-electron chi connectivity index (χ0n) is 21.5. The van der Waals surface area contributed by atoms with Crippen molar-refractivity contribution in [3.63, 3.8) is 0 Å². The Morgan fingerprint density at radius 2 is 1.59 bits per heavy atom. The molecule has 8 nitrogen and oxygen atoms in total. The van der Waals surface area contributed by atoms with Gasteiger partial charge in [-0.3, -0.25) is 4.79 Å². The van der Waals surface area contributed by atoms with Crippen LogP contribution in [0.25, 0.3) is 6.08 Å². The van der Waals surface area contributed by atoms with Crippen molar-refractivity contribution in [2.24, 2.45) is 0 Å². The van der Waals surface area contributed by atoms with Gasteiger partial charge in [-0.25, -0.2) is 0 Å². The minimum absolute atomic E-state index is 0.128. The van der Waals surface area contributed by atoms with Gasteiger partial charge in [0.2, 0.25) is 6.10 Å². The molecule has 0 saturated carbocycles. The van der Waals surface area contributed by atoms with Crippen molar-refractivity contribution in [3.05, 3.63) is 72.3 Å². The van der Waals surface area contributed by atoms with E-state index in [9.17, 15) is 4.79 Å². The number of nitrogens with zero attached hydrogens (tertiary/aromatic N) is 1. The van der Waals surface area contributed by atoms with Crippen molar-refractivity contribution in [2.45, 2.75) is 82.1 Å². The van der Waals surface area contributed by atoms with Crippen LogP contribution in [0.2, 0.25) is 0 Å². The fraction of sp³-hybridized carbons (Fsp3) is 0.483. The zero-order valence-corrected chi connectivity index (χ0v) is 21.5. The molecule has 0 bridgehead atoms.